The number of aryl methyl sites for hydroxylation is 1. The second-order valence-electron chi connectivity index (χ2n) is 5.08. The van der Waals surface area contributed by atoms with Crippen molar-refractivity contribution < 1.29 is 17.9 Å². The van der Waals surface area contributed by atoms with Crippen molar-refractivity contribution in [1.82, 2.24) is 9.97 Å². The quantitative estimate of drug-likeness (QED) is 0.770. The Morgan fingerprint density at radius 1 is 1.08 bits per heavy atom. The molecule has 0 amide bonds. The average Bonchev–Trinajstić information content (AvgIpc) is 2.55. The minimum absolute atomic E-state index is 0.0941. The molecule has 0 fully saturated rings. The number of hydrogen-bond acceptors (Lipinski definition) is 4. The number of halogens is 3. The Hall–Kier alpha value is -2.31. The lowest BCUT2D eigenvalue weighted by molar-refractivity contribution is -0.139. The van der Waals surface area contributed by atoms with Gasteiger partial charge in [0, 0.05) is 18.4 Å². The monoisotopic (exact) mass is 339 g/mol. The maximum Gasteiger partial charge on any atom is 0.423 e. The molecule has 0 aliphatic carbocycles. The summed E-state index contributed by atoms with van der Waals surface area (Å²) in [6.07, 6.45) is -2.86. The van der Waals surface area contributed by atoms with Crippen molar-refractivity contribution in [1.29, 1.82) is 0 Å². The summed E-state index contributed by atoms with van der Waals surface area (Å²) in [6, 6.07) is 7.77. The predicted molar refractivity (Wildman–Crippen MR) is 86.7 cm³/mol. The van der Waals surface area contributed by atoms with E-state index in [1.807, 2.05) is 31.2 Å². The number of ether oxygens (including phenoxy) is 1. The molecule has 2 aromatic rings. The summed E-state index contributed by atoms with van der Waals surface area (Å²) in [7, 11) is 0. The SMILES string of the molecule is CCOc1nc(N(CC)c2ccc(CC)cc2)ncc1C(F)(F)F. The molecule has 1 heterocycles. The van der Waals surface area contributed by atoms with Gasteiger partial charge in [-0.25, -0.2) is 4.98 Å². The number of benzene rings is 1. The van der Waals surface area contributed by atoms with E-state index in [1.165, 1.54) is 5.56 Å². The van der Waals surface area contributed by atoms with Gasteiger partial charge in [-0.15, -0.1) is 0 Å². The molecule has 2 rings (SSSR count). The smallest absolute Gasteiger partial charge is 0.423 e. The molecular formula is C17H20F3N3O. The number of nitrogens with zero attached hydrogens (tertiary/aromatic N) is 3. The minimum Gasteiger partial charge on any atom is -0.477 e. The highest BCUT2D eigenvalue weighted by atomic mass is 19.4. The van der Waals surface area contributed by atoms with Crippen molar-refractivity contribution in [3.63, 3.8) is 0 Å². The summed E-state index contributed by atoms with van der Waals surface area (Å²) in [5.74, 6) is -0.267. The van der Waals surface area contributed by atoms with Crippen LogP contribution in [-0.4, -0.2) is 23.1 Å². The highest BCUT2D eigenvalue weighted by Crippen LogP contribution is 2.36. The third-order valence-electron chi connectivity index (χ3n) is 3.54. The minimum atomic E-state index is -4.55. The molecule has 0 radical (unpaired) electrons. The van der Waals surface area contributed by atoms with E-state index in [-0.39, 0.29) is 12.6 Å². The van der Waals surface area contributed by atoms with Gasteiger partial charge in [0.15, 0.2) is 0 Å². The first-order chi connectivity index (χ1) is 11.4. The zero-order chi connectivity index (χ0) is 17.7. The van der Waals surface area contributed by atoms with Crippen LogP contribution in [0, 0.1) is 0 Å². The van der Waals surface area contributed by atoms with E-state index in [0.717, 1.165) is 18.3 Å². The second-order valence-corrected chi connectivity index (χ2v) is 5.08. The van der Waals surface area contributed by atoms with Crippen molar-refractivity contribution in [3.05, 3.63) is 41.6 Å². The summed E-state index contributed by atoms with van der Waals surface area (Å²) < 4.78 is 44.1. The van der Waals surface area contributed by atoms with Crippen LogP contribution in [0.1, 0.15) is 31.9 Å². The number of aromatic nitrogens is 2. The van der Waals surface area contributed by atoms with Gasteiger partial charge in [0.1, 0.15) is 5.56 Å². The number of alkyl halides is 3. The van der Waals surface area contributed by atoms with Crippen molar-refractivity contribution in [2.75, 3.05) is 18.1 Å². The van der Waals surface area contributed by atoms with E-state index >= 15 is 0 Å². The molecule has 0 N–H and O–H groups in total. The number of hydrogen-bond donors (Lipinski definition) is 0. The van der Waals surface area contributed by atoms with Gasteiger partial charge >= 0.3 is 6.18 Å². The van der Waals surface area contributed by atoms with E-state index in [2.05, 4.69) is 16.9 Å². The highest BCUT2D eigenvalue weighted by molar-refractivity contribution is 5.58. The van der Waals surface area contributed by atoms with Crippen LogP contribution in [0.15, 0.2) is 30.5 Å². The molecule has 0 aliphatic heterocycles. The average molecular weight is 339 g/mol. The van der Waals surface area contributed by atoms with Gasteiger partial charge in [0.25, 0.3) is 0 Å². The molecule has 130 valence electrons. The van der Waals surface area contributed by atoms with Gasteiger partial charge in [-0.1, -0.05) is 19.1 Å². The van der Waals surface area contributed by atoms with Crippen LogP contribution >= 0.6 is 0 Å². The van der Waals surface area contributed by atoms with Gasteiger partial charge in [-0.05, 0) is 38.0 Å². The van der Waals surface area contributed by atoms with Gasteiger partial charge in [0.2, 0.25) is 11.8 Å². The lowest BCUT2D eigenvalue weighted by Crippen LogP contribution is -2.20. The highest BCUT2D eigenvalue weighted by Gasteiger charge is 2.36. The summed E-state index contributed by atoms with van der Waals surface area (Å²) in [5.41, 5.74) is 1.03. The Balaban J connectivity index is 2.42. The van der Waals surface area contributed by atoms with E-state index in [9.17, 15) is 13.2 Å². The second kappa shape index (κ2) is 7.51. The van der Waals surface area contributed by atoms with Crippen LogP contribution in [0.4, 0.5) is 24.8 Å². The van der Waals surface area contributed by atoms with E-state index in [4.69, 9.17) is 4.74 Å². The molecule has 1 aromatic carbocycles. The Labute approximate surface area is 139 Å². The molecular weight excluding hydrogens is 319 g/mol. The fourth-order valence-electron chi connectivity index (χ4n) is 2.28. The molecule has 1 aromatic heterocycles. The first-order valence-corrected chi connectivity index (χ1v) is 7.84. The third kappa shape index (κ3) is 3.96. The molecule has 0 atom stereocenters. The van der Waals surface area contributed by atoms with Crippen LogP contribution in [-0.2, 0) is 12.6 Å². The third-order valence-corrected chi connectivity index (χ3v) is 3.54. The number of rotatable bonds is 6. The molecule has 0 saturated carbocycles. The Kier molecular flexibility index (Phi) is 5.64. The Morgan fingerprint density at radius 2 is 1.75 bits per heavy atom. The summed E-state index contributed by atoms with van der Waals surface area (Å²) in [6.45, 7) is 6.16. The maximum absolute atomic E-state index is 13.0. The zero-order valence-electron chi connectivity index (χ0n) is 13.9. The molecule has 4 nitrogen and oxygen atoms in total. The van der Waals surface area contributed by atoms with Crippen LogP contribution in [0.5, 0.6) is 5.88 Å². The van der Waals surface area contributed by atoms with Crippen molar-refractivity contribution in [2.45, 2.75) is 33.4 Å². The Bertz CT molecular complexity index is 672. The lowest BCUT2D eigenvalue weighted by atomic mass is 10.1. The molecule has 0 saturated heterocycles. The van der Waals surface area contributed by atoms with Crippen LogP contribution in [0.3, 0.4) is 0 Å². The largest absolute Gasteiger partial charge is 0.477 e. The fraction of sp³-hybridized carbons (Fsp3) is 0.412. The molecule has 0 spiro atoms. The zero-order valence-corrected chi connectivity index (χ0v) is 13.9. The molecule has 0 unspecified atom stereocenters. The maximum atomic E-state index is 13.0. The molecule has 24 heavy (non-hydrogen) atoms. The van der Waals surface area contributed by atoms with Gasteiger partial charge < -0.3 is 9.64 Å². The summed E-state index contributed by atoms with van der Waals surface area (Å²) >= 11 is 0. The molecule has 0 aliphatic rings. The van der Waals surface area contributed by atoms with E-state index in [0.29, 0.717) is 6.54 Å². The van der Waals surface area contributed by atoms with Crippen LogP contribution < -0.4 is 9.64 Å². The summed E-state index contributed by atoms with van der Waals surface area (Å²) in [5, 5.41) is 0. The predicted octanol–water partition coefficient (Wildman–Crippen LogP) is 4.61. The standard InChI is InChI=1S/C17H20F3N3O/c1-4-12-7-9-13(10-8-12)23(5-2)16-21-11-14(17(18,19)20)15(22-16)24-6-3/h7-11H,4-6H2,1-3H3. The van der Waals surface area contributed by atoms with Crippen molar-refractivity contribution in [3.8, 4) is 5.88 Å². The molecule has 7 heteroatoms. The van der Waals surface area contributed by atoms with E-state index in [1.54, 1.807) is 11.8 Å². The topological polar surface area (TPSA) is 38.2 Å². The van der Waals surface area contributed by atoms with Crippen molar-refractivity contribution in [2.24, 2.45) is 0 Å². The van der Waals surface area contributed by atoms with Crippen LogP contribution in [0.25, 0.3) is 0 Å². The molecule has 0 bridgehead atoms. The van der Waals surface area contributed by atoms with Gasteiger partial charge in [-0.3, -0.25) is 0 Å². The van der Waals surface area contributed by atoms with E-state index < -0.39 is 17.6 Å². The summed E-state index contributed by atoms with van der Waals surface area (Å²) in [4.78, 5) is 9.62. The van der Waals surface area contributed by atoms with Crippen molar-refractivity contribution >= 4 is 11.6 Å². The lowest BCUT2D eigenvalue weighted by Gasteiger charge is -2.22. The first-order valence-electron chi connectivity index (χ1n) is 7.84. The first kappa shape index (κ1) is 18.0. The fourth-order valence-corrected chi connectivity index (χ4v) is 2.28. The van der Waals surface area contributed by atoms with Gasteiger partial charge in [0.05, 0.1) is 6.61 Å². The Morgan fingerprint density at radius 3 is 2.25 bits per heavy atom. The normalized spacial score (nSPS) is 11.4. The number of anilines is 2. The van der Waals surface area contributed by atoms with Gasteiger partial charge in [-0.2, -0.15) is 18.2 Å². The van der Waals surface area contributed by atoms with Crippen LogP contribution in [0.2, 0.25) is 0 Å².